The Balaban J connectivity index is 1.57. The maximum atomic E-state index is 9.27. The summed E-state index contributed by atoms with van der Waals surface area (Å²) in [5, 5.41) is 17.1. The molecule has 1 fully saturated rings. The number of aromatic nitrogens is 3. The van der Waals surface area contributed by atoms with E-state index in [0.717, 1.165) is 29.9 Å². The molecule has 1 saturated heterocycles. The van der Waals surface area contributed by atoms with Crippen LogP contribution in [0.2, 0.25) is 0 Å². The van der Waals surface area contributed by atoms with Gasteiger partial charge in [0, 0.05) is 6.54 Å². The quantitative estimate of drug-likeness (QED) is 0.748. The Morgan fingerprint density at radius 2 is 2.20 bits per heavy atom. The number of fused-ring (bicyclic) bond motifs is 1. The van der Waals surface area contributed by atoms with Crippen molar-refractivity contribution in [2.45, 2.75) is 38.5 Å². The highest BCUT2D eigenvalue weighted by Crippen LogP contribution is 2.33. The van der Waals surface area contributed by atoms with Crippen LogP contribution in [-0.4, -0.2) is 32.4 Å². The lowest BCUT2D eigenvalue weighted by Crippen LogP contribution is -2.12. The summed E-state index contributed by atoms with van der Waals surface area (Å²) < 4.78 is 7.78. The number of hydrogen-bond donors (Lipinski definition) is 2. The number of benzene rings is 1. The van der Waals surface area contributed by atoms with Crippen LogP contribution in [0.5, 0.6) is 0 Å². The first-order valence-corrected chi connectivity index (χ1v) is 8.63. The third kappa shape index (κ3) is 3.23. The average Bonchev–Trinajstić information content (AvgIpc) is 3.26. The molecule has 1 aromatic carbocycles. The topological polar surface area (TPSA) is 71.7 Å². The summed E-state index contributed by atoms with van der Waals surface area (Å²) in [6.07, 6.45) is 3.23. The molecule has 0 bridgehead atoms. The van der Waals surface area contributed by atoms with E-state index in [-0.39, 0.29) is 18.8 Å². The number of nitrogens with zero attached hydrogens (tertiary/aromatic N) is 3. The van der Waals surface area contributed by atoms with Gasteiger partial charge in [-0.05, 0) is 37.5 Å². The van der Waals surface area contributed by atoms with Crippen LogP contribution in [0.1, 0.15) is 35.8 Å². The van der Waals surface area contributed by atoms with Gasteiger partial charge in [0.15, 0.2) is 5.82 Å². The number of ether oxygens (including phenoxy) is 1. The summed E-state index contributed by atoms with van der Waals surface area (Å²) in [5.41, 5.74) is 4.40. The van der Waals surface area contributed by atoms with Crippen LogP contribution in [0.15, 0.2) is 42.7 Å². The van der Waals surface area contributed by atoms with Gasteiger partial charge < -0.3 is 15.2 Å². The fourth-order valence-electron chi connectivity index (χ4n) is 3.40. The third-order valence-corrected chi connectivity index (χ3v) is 4.66. The summed E-state index contributed by atoms with van der Waals surface area (Å²) in [6.45, 7) is 2.87. The minimum Gasteiger partial charge on any atom is -0.394 e. The van der Waals surface area contributed by atoms with E-state index in [0.29, 0.717) is 6.54 Å². The number of rotatable bonds is 5. The molecule has 0 aliphatic carbocycles. The van der Waals surface area contributed by atoms with Crippen molar-refractivity contribution in [3.8, 4) is 0 Å². The Bertz CT molecular complexity index is 877. The van der Waals surface area contributed by atoms with Crippen molar-refractivity contribution in [2.24, 2.45) is 0 Å². The van der Waals surface area contributed by atoms with E-state index in [1.165, 1.54) is 11.1 Å². The molecule has 6 nitrogen and oxygen atoms in total. The van der Waals surface area contributed by atoms with Crippen molar-refractivity contribution < 1.29 is 9.84 Å². The summed E-state index contributed by atoms with van der Waals surface area (Å²) in [4.78, 5) is 4.39. The van der Waals surface area contributed by atoms with Crippen molar-refractivity contribution in [3.63, 3.8) is 0 Å². The second-order valence-corrected chi connectivity index (χ2v) is 6.51. The minimum absolute atomic E-state index is 0.0285. The molecular formula is C19H22N4O2. The van der Waals surface area contributed by atoms with E-state index in [1.807, 2.05) is 16.6 Å². The second kappa shape index (κ2) is 6.82. The van der Waals surface area contributed by atoms with E-state index < -0.39 is 0 Å². The highest BCUT2D eigenvalue weighted by Gasteiger charge is 2.28. The number of anilines is 1. The van der Waals surface area contributed by atoms with Crippen LogP contribution < -0.4 is 5.32 Å². The second-order valence-electron chi connectivity index (χ2n) is 6.51. The standard InChI is InChI=1S/C19H22N4O2/c1-13-3-2-4-14(9-13)10-20-19-17-7-6-16(23(17)22-12-21-19)18-8-5-15(11-24)25-18/h2-4,6-7,9,12,15,18,24H,5,8,10-11H2,1H3,(H,20,21,22). The molecule has 4 rings (SSSR count). The Hall–Kier alpha value is -2.44. The lowest BCUT2D eigenvalue weighted by Gasteiger charge is -2.13. The zero-order valence-corrected chi connectivity index (χ0v) is 14.2. The number of aliphatic hydroxyl groups excluding tert-OH is 1. The smallest absolute Gasteiger partial charge is 0.154 e. The molecule has 1 aliphatic heterocycles. The predicted molar refractivity (Wildman–Crippen MR) is 95.4 cm³/mol. The molecule has 0 spiro atoms. The maximum Gasteiger partial charge on any atom is 0.154 e. The largest absolute Gasteiger partial charge is 0.394 e. The number of aliphatic hydroxyl groups is 1. The van der Waals surface area contributed by atoms with E-state index in [2.05, 4.69) is 46.6 Å². The molecule has 1 aliphatic rings. The first kappa shape index (κ1) is 16.1. The monoisotopic (exact) mass is 338 g/mol. The van der Waals surface area contributed by atoms with Gasteiger partial charge in [0.2, 0.25) is 0 Å². The number of nitrogens with one attached hydrogen (secondary N) is 1. The summed E-state index contributed by atoms with van der Waals surface area (Å²) in [7, 11) is 0. The zero-order valence-electron chi connectivity index (χ0n) is 14.2. The number of hydrogen-bond acceptors (Lipinski definition) is 5. The van der Waals surface area contributed by atoms with Gasteiger partial charge in [0.1, 0.15) is 17.9 Å². The summed E-state index contributed by atoms with van der Waals surface area (Å²) in [6, 6.07) is 12.5. The average molecular weight is 338 g/mol. The SMILES string of the molecule is Cc1cccc(CNc2ncnn3c(C4CCC(CO)O4)ccc23)c1. The van der Waals surface area contributed by atoms with Crippen molar-refractivity contribution in [3.05, 3.63) is 59.5 Å². The predicted octanol–water partition coefficient (Wildman–Crippen LogP) is 2.86. The molecule has 0 saturated carbocycles. The van der Waals surface area contributed by atoms with Crippen molar-refractivity contribution >= 4 is 11.3 Å². The molecule has 130 valence electrons. The lowest BCUT2D eigenvalue weighted by molar-refractivity contribution is 0.00856. The van der Waals surface area contributed by atoms with E-state index in [4.69, 9.17) is 4.74 Å². The van der Waals surface area contributed by atoms with Gasteiger partial charge >= 0.3 is 0 Å². The molecule has 25 heavy (non-hydrogen) atoms. The first-order valence-electron chi connectivity index (χ1n) is 8.63. The third-order valence-electron chi connectivity index (χ3n) is 4.66. The van der Waals surface area contributed by atoms with Crippen molar-refractivity contribution in [1.29, 1.82) is 0 Å². The van der Waals surface area contributed by atoms with Gasteiger partial charge in [-0.25, -0.2) is 9.50 Å². The van der Waals surface area contributed by atoms with Crippen LogP contribution in [-0.2, 0) is 11.3 Å². The molecule has 2 aromatic heterocycles. The Kier molecular flexibility index (Phi) is 4.38. The van der Waals surface area contributed by atoms with E-state index in [9.17, 15) is 5.11 Å². The normalized spacial score (nSPS) is 20.2. The molecule has 2 N–H and O–H groups in total. The molecule has 0 radical (unpaired) electrons. The fourth-order valence-corrected chi connectivity index (χ4v) is 3.40. The Morgan fingerprint density at radius 3 is 3.00 bits per heavy atom. The minimum atomic E-state index is -0.0729. The van der Waals surface area contributed by atoms with E-state index >= 15 is 0 Å². The molecule has 3 aromatic rings. The van der Waals surface area contributed by atoms with Crippen LogP contribution >= 0.6 is 0 Å². The van der Waals surface area contributed by atoms with Crippen molar-refractivity contribution in [2.75, 3.05) is 11.9 Å². The van der Waals surface area contributed by atoms with Crippen LogP contribution in [0, 0.1) is 6.92 Å². The zero-order chi connectivity index (χ0) is 17.2. The first-order chi connectivity index (χ1) is 12.2. The van der Waals surface area contributed by atoms with Gasteiger partial charge in [-0.3, -0.25) is 0 Å². The molecule has 0 amide bonds. The fraction of sp³-hybridized carbons (Fsp3) is 0.368. The van der Waals surface area contributed by atoms with Gasteiger partial charge in [-0.1, -0.05) is 29.8 Å². The summed E-state index contributed by atoms with van der Waals surface area (Å²) >= 11 is 0. The summed E-state index contributed by atoms with van der Waals surface area (Å²) in [5.74, 6) is 0.805. The molecule has 6 heteroatoms. The van der Waals surface area contributed by atoms with Gasteiger partial charge in [-0.2, -0.15) is 5.10 Å². The van der Waals surface area contributed by atoms with Gasteiger partial charge in [0.05, 0.1) is 18.4 Å². The van der Waals surface area contributed by atoms with E-state index in [1.54, 1.807) is 6.33 Å². The number of aryl methyl sites for hydroxylation is 1. The van der Waals surface area contributed by atoms with Crippen LogP contribution in [0.3, 0.4) is 0 Å². The van der Waals surface area contributed by atoms with Crippen molar-refractivity contribution in [1.82, 2.24) is 14.6 Å². The molecule has 2 unspecified atom stereocenters. The lowest BCUT2D eigenvalue weighted by atomic mass is 10.1. The van der Waals surface area contributed by atoms with Gasteiger partial charge in [-0.15, -0.1) is 0 Å². The molecule has 3 heterocycles. The Morgan fingerprint density at radius 1 is 1.28 bits per heavy atom. The highest BCUT2D eigenvalue weighted by atomic mass is 16.5. The van der Waals surface area contributed by atoms with Crippen LogP contribution in [0.4, 0.5) is 5.82 Å². The maximum absolute atomic E-state index is 9.27. The van der Waals surface area contributed by atoms with Gasteiger partial charge in [0.25, 0.3) is 0 Å². The molecule has 2 atom stereocenters. The van der Waals surface area contributed by atoms with Crippen LogP contribution in [0.25, 0.3) is 5.52 Å². The highest BCUT2D eigenvalue weighted by molar-refractivity contribution is 5.68. The Labute approximate surface area is 146 Å². The molecular weight excluding hydrogens is 316 g/mol.